The molecule has 1 aromatic carbocycles. The van der Waals surface area contributed by atoms with E-state index in [2.05, 4.69) is 10.6 Å². The number of hydrogen-bond acceptors (Lipinski definition) is 4. The van der Waals surface area contributed by atoms with Gasteiger partial charge in [-0.2, -0.15) is 0 Å². The zero-order chi connectivity index (χ0) is 16.1. The molecule has 1 aliphatic heterocycles. The van der Waals surface area contributed by atoms with Crippen molar-refractivity contribution in [3.63, 3.8) is 0 Å². The number of ether oxygens (including phenoxy) is 1. The number of benzene rings is 1. The molecule has 0 radical (unpaired) electrons. The van der Waals surface area contributed by atoms with E-state index < -0.39 is 6.10 Å². The van der Waals surface area contributed by atoms with E-state index in [1.165, 1.54) is 11.3 Å². The second-order valence-corrected chi connectivity index (χ2v) is 6.24. The summed E-state index contributed by atoms with van der Waals surface area (Å²) in [5, 5.41) is 7.56. The first-order valence-electron chi connectivity index (χ1n) is 7.58. The van der Waals surface area contributed by atoms with Crippen molar-refractivity contribution in [1.82, 2.24) is 10.6 Å². The molecule has 0 spiro atoms. The molecule has 3 rings (SSSR count). The molecule has 0 saturated carbocycles. The summed E-state index contributed by atoms with van der Waals surface area (Å²) in [6.45, 7) is 1.04. The Labute approximate surface area is 138 Å². The maximum atomic E-state index is 12.1. The molecule has 2 aromatic rings. The molecule has 6 heteroatoms. The Morgan fingerprint density at radius 2 is 1.96 bits per heavy atom. The van der Waals surface area contributed by atoms with E-state index in [1.807, 2.05) is 35.7 Å². The molecule has 0 fully saturated rings. The summed E-state index contributed by atoms with van der Waals surface area (Å²) in [6, 6.07) is 11.3. The lowest BCUT2D eigenvalue weighted by Gasteiger charge is -2.11. The first-order valence-corrected chi connectivity index (χ1v) is 8.46. The number of para-hydroxylation sites is 1. The van der Waals surface area contributed by atoms with Crippen molar-refractivity contribution in [2.24, 2.45) is 0 Å². The molecule has 1 atom stereocenters. The molecule has 120 valence electrons. The highest BCUT2D eigenvalue weighted by Crippen LogP contribution is 2.27. The van der Waals surface area contributed by atoms with Gasteiger partial charge in [-0.25, -0.2) is 0 Å². The molecule has 0 saturated heterocycles. The molecular formula is C17H18N2O3S. The molecule has 0 aliphatic carbocycles. The summed E-state index contributed by atoms with van der Waals surface area (Å²) in [4.78, 5) is 24.5. The number of hydrogen-bond donors (Lipinski definition) is 2. The van der Waals surface area contributed by atoms with Crippen LogP contribution in [0.2, 0.25) is 0 Å². The number of rotatable bonds is 6. The lowest BCUT2D eigenvalue weighted by molar-refractivity contribution is -0.127. The quantitative estimate of drug-likeness (QED) is 0.796. The van der Waals surface area contributed by atoms with Crippen LogP contribution in [0.4, 0.5) is 0 Å². The molecule has 2 N–H and O–H groups in total. The molecule has 1 aliphatic rings. The van der Waals surface area contributed by atoms with Crippen molar-refractivity contribution in [3.05, 3.63) is 52.2 Å². The standard InChI is InChI=1S/C17H18N2O3S/c20-16(14-11-12-5-1-2-6-13(12)22-14)18-8-4-9-19-17(21)15-7-3-10-23-15/h1-3,5-7,10,14H,4,8-9,11H2,(H,18,20)(H,19,21). The van der Waals surface area contributed by atoms with E-state index >= 15 is 0 Å². The van der Waals surface area contributed by atoms with Gasteiger partial charge in [-0.05, 0) is 29.5 Å². The lowest BCUT2D eigenvalue weighted by Crippen LogP contribution is -2.38. The SMILES string of the molecule is O=C(NCCCNC(=O)C1Cc2ccccc2O1)c1cccs1. The van der Waals surface area contributed by atoms with Crippen LogP contribution < -0.4 is 15.4 Å². The van der Waals surface area contributed by atoms with E-state index in [9.17, 15) is 9.59 Å². The molecule has 1 aromatic heterocycles. The van der Waals surface area contributed by atoms with Gasteiger partial charge in [0.15, 0.2) is 6.10 Å². The summed E-state index contributed by atoms with van der Waals surface area (Å²) < 4.78 is 5.63. The van der Waals surface area contributed by atoms with E-state index in [4.69, 9.17) is 4.74 Å². The Morgan fingerprint density at radius 3 is 2.74 bits per heavy atom. The van der Waals surface area contributed by atoms with Crippen molar-refractivity contribution in [2.75, 3.05) is 13.1 Å². The average molecular weight is 330 g/mol. The lowest BCUT2D eigenvalue weighted by atomic mass is 10.1. The largest absolute Gasteiger partial charge is 0.480 e. The summed E-state index contributed by atoms with van der Waals surface area (Å²) in [5.41, 5.74) is 1.07. The maximum absolute atomic E-state index is 12.1. The summed E-state index contributed by atoms with van der Waals surface area (Å²) in [5.74, 6) is 0.613. The number of nitrogens with one attached hydrogen (secondary N) is 2. The summed E-state index contributed by atoms with van der Waals surface area (Å²) >= 11 is 1.41. The highest BCUT2D eigenvalue weighted by atomic mass is 32.1. The number of carbonyl (C=O) groups is 2. The maximum Gasteiger partial charge on any atom is 0.261 e. The highest BCUT2D eigenvalue weighted by Gasteiger charge is 2.28. The first kappa shape index (κ1) is 15.6. The van der Waals surface area contributed by atoms with Crippen molar-refractivity contribution < 1.29 is 14.3 Å². The van der Waals surface area contributed by atoms with Crippen molar-refractivity contribution in [1.29, 1.82) is 0 Å². The molecular weight excluding hydrogens is 312 g/mol. The zero-order valence-corrected chi connectivity index (χ0v) is 13.4. The number of carbonyl (C=O) groups excluding carboxylic acids is 2. The van der Waals surface area contributed by atoms with Gasteiger partial charge in [0, 0.05) is 19.5 Å². The molecule has 2 amide bonds. The van der Waals surface area contributed by atoms with Gasteiger partial charge in [-0.1, -0.05) is 24.3 Å². The molecule has 0 bridgehead atoms. The minimum Gasteiger partial charge on any atom is -0.480 e. The predicted molar refractivity (Wildman–Crippen MR) is 88.8 cm³/mol. The Balaban J connectivity index is 1.34. The molecule has 5 nitrogen and oxygen atoms in total. The van der Waals surface area contributed by atoms with Crippen molar-refractivity contribution >= 4 is 23.2 Å². The normalized spacial score (nSPS) is 15.6. The van der Waals surface area contributed by atoms with Crippen LogP contribution in [0.5, 0.6) is 5.75 Å². The van der Waals surface area contributed by atoms with E-state index in [0.717, 1.165) is 11.3 Å². The molecule has 1 unspecified atom stereocenters. The van der Waals surface area contributed by atoms with Gasteiger partial charge in [0.25, 0.3) is 11.8 Å². The smallest absolute Gasteiger partial charge is 0.261 e. The minimum atomic E-state index is -0.451. The van der Waals surface area contributed by atoms with Gasteiger partial charge in [-0.3, -0.25) is 9.59 Å². The third kappa shape index (κ3) is 3.90. The third-order valence-electron chi connectivity index (χ3n) is 3.62. The van der Waals surface area contributed by atoms with Crippen LogP contribution in [0.3, 0.4) is 0 Å². The van der Waals surface area contributed by atoms with Gasteiger partial charge < -0.3 is 15.4 Å². The van der Waals surface area contributed by atoms with Gasteiger partial charge >= 0.3 is 0 Å². The Hall–Kier alpha value is -2.34. The van der Waals surface area contributed by atoms with Gasteiger partial charge in [0.2, 0.25) is 0 Å². The van der Waals surface area contributed by atoms with E-state index in [-0.39, 0.29) is 11.8 Å². The summed E-state index contributed by atoms with van der Waals surface area (Å²) in [7, 11) is 0. The minimum absolute atomic E-state index is 0.0686. The Morgan fingerprint density at radius 1 is 1.13 bits per heavy atom. The second kappa shape index (κ2) is 7.28. The number of amides is 2. The van der Waals surface area contributed by atoms with Crippen LogP contribution >= 0.6 is 11.3 Å². The zero-order valence-electron chi connectivity index (χ0n) is 12.6. The van der Waals surface area contributed by atoms with E-state index in [0.29, 0.717) is 30.8 Å². The Kier molecular flexibility index (Phi) is 4.92. The fourth-order valence-electron chi connectivity index (χ4n) is 2.44. The van der Waals surface area contributed by atoms with Crippen LogP contribution in [0.25, 0.3) is 0 Å². The van der Waals surface area contributed by atoms with Crippen LogP contribution in [-0.2, 0) is 11.2 Å². The monoisotopic (exact) mass is 330 g/mol. The Bertz CT molecular complexity index is 660. The number of thiophene rings is 1. The van der Waals surface area contributed by atoms with Crippen LogP contribution in [-0.4, -0.2) is 31.0 Å². The van der Waals surface area contributed by atoms with Gasteiger partial charge in [-0.15, -0.1) is 11.3 Å². The first-order chi connectivity index (χ1) is 11.2. The van der Waals surface area contributed by atoms with Crippen LogP contribution in [0.15, 0.2) is 41.8 Å². The van der Waals surface area contributed by atoms with Gasteiger partial charge in [0.1, 0.15) is 5.75 Å². The van der Waals surface area contributed by atoms with Crippen LogP contribution in [0, 0.1) is 0 Å². The molecule has 23 heavy (non-hydrogen) atoms. The third-order valence-corrected chi connectivity index (χ3v) is 4.49. The fraction of sp³-hybridized carbons (Fsp3) is 0.294. The van der Waals surface area contributed by atoms with Crippen molar-refractivity contribution in [3.8, 4) is 5.75 Å². The van der Waals surface area contributed by atoms with Crippen molar-refractivity contribution in [2.45, 2.75) is 18.9 Å². The fourth-order valence-corrected chi connectivity index (χ4v) is 3.08. The highest BCUT2D eigenvalue weighted by molar-refractivity contribution is 7.12. The topological polar surface area (TPSA) is 67.4 Å². The number of fused-ring (bicyclic) bond motifs is 1. The average Bonchev–Trinajstić information content (AvgIpc) is 3.23. The van der Waals surface area contributed by atoms with Gasteiger partial charge in [0.05, 0.1) is 4.88 Å². The van der Waals surface area contributed by atoms with Crippen LogP contribution in [0.1, 0.15) is 21.7 Å². The predicted octanol–water partition coefficient (Wildman–Crippen LogP) is 1.99. The van der Waals surface area contributed by atoms with E-state index in [1.54, 1.807) is 6.07 Å². The molecule has 2 heterocycles. The summed E-state index contributed by atoms with van der Waals surface area (Å²) in [6.07, 6.45) is 0.840. The second-order valence-electron chi connectivity index (χ2n) is 5.30.